The number of benzene rings is 2. The number of ether oxygens (including phenoxy) is 1. The molecule has 180 valence electrons. The van der Waals surface area contributed by atoms with Gasteiger partial charge in [0.1, 0.15) is 5.82 Å². The Balaban J connectivity index is 0.00000129. The molecule has 0 unspecified atom stereocenters. The van der Waals surface area contributed by atoms with Crippen molar-refractivity contribution in [2.45, 2.75) is 60.3 Å². The molecule has 5 nitrogen and oxygen atoms in total. The summed E-state index contributed by atoms with van der Waals surface area (Å²) in [5.41, 5.74) is 8.71. The lowest BCUT2D eigenvalue weighted by atomic mass is 9.98. The van der Waals surface area contributed by atoms with Gasteiger partial charge in [-0.05, 0) is 48.2 Å². The summed E-state index contributed by atoms with van der Waals surface area (Å²) in [6, 6.07) is 7.55. The molecule has 2 aromatic carbocycles. The quantitative estimate of drug-likeness (QED) is 0.242. The Kier molecular flexibility index (Phi) is 10.7. The van der Waals surface area contributed by atoms with E-state index >= 15 is 4.39 Å². The summed E-state index contributed by atoms with van der Waals surface area (Å²) < 4.78 is 35.4. The average molecular weight is 460 g/mol. The highest BCUT2D eigenvalue weighted by Crippen LogP contribution is 2.39. The van der Waals surface area contributed by atoms with Gasteiger partial charge in [0.05, 0.1) is 18.3 Å². The second-order valence-corrected chi connectivity index (χ2v) is 7.14. The number of aryl methyl sites for hydroxylation is 1. The van der Waals surface area contributed by atoms with Crippen molar-refractivity contribution in [3.05, 3.63) is 58.8 Å². The van der Waals surface area contributed by atoms with E-state index in [4.69, 9.17) is 15.9 Å². The molecular formula is C26H35F2N3O2. The number of methoxy groups -OCH3 is 1. The van der Waals surface area contributed by atoms with Crippen LogP contribution in [0, 0.1) is 17.0 Å². The van der Waals surface area contributed by atoms with E-state index < -0.39 is 11.8 Å². The molecule has 1 aromatic heterocycles. The average Bonchev–Trinajstić information content (AvgIpc) is 3.17. The van der Waals surface area contributed by atoms with Crippen LogP contribution in [-0.2, 0) is 16.0 Å². The molecule has 0 saturated carbocycles. The van der Waals surface area contributed by atoms with Gasteiger partial charge in [-0.1, -0.05) is 41.5 Å². The summed E-state index contributed by atoms with van der Waals surface area (Å²) in [5.74, 6) is -1.42. The van der Waals surface area contributed by atoms with Crippen LogP contribution >= 0.6 is 0 Å². The Labute approximate surface area is 195 Å². The summed E-state index contributed by atoms with van der Waals surface area (Å²) in [7, 11) is 1.31. The molecule has 0 aliphatic heterocycles. The number of fused-ring (bicyclic) bond motifs is 1. The number of nitrogens with zero attached hydrogens (tertiary/aromatic N) is 1. The van der Waals surface area contributed by atoms with Crippen molar-refractivity contribution in [1.29, 1.82) is 5.41 Å². The molecule has 0 amide bonds. The lowest BCUT2D eigenvalue weighted by Gasteiger charge is -2.15. The van der Waals surface area contributed by atoms with Crippen LogP contribution in [0.15, 0.2) is 30.3 Å². The Bertz CT molecular complexity index is 1090. The third-order valence-electron chi connectivity index (χ3n) is 5.00. The van der Waals surface area contributed by atoms with Gasteiger partial charge in [-0.2, -0.15) is 0 Å². The summed E-state index contributed by atoms with van der Waals surface area (Å²) >= 11 is 0. The Hall–Kier alpha value is -3.22. The minimum Gasteiger partial charge on any atom is -0.469 e. The third kappa shape index (κ3) is 5.78. The maximum atomic E-state index is 15.3. The van der Waals surface area contributed by atoms with Crippen LogP contribution in [0.3, 0.4) is 0 Å². The van der Waals surface area contributed by atoms with Crippen LogP contribution in [0.25, 0.3) is 16.6 Å². The van der Waals surface area contributed by atoms with Crippen molar-refractivity contribution in [2.75, 3.05) is 12.8 Å². The zero-order valence-corrected chi connectivity index (χ0v) is 20.6. The number of carbonyl (C=O) groups is 1. The highest BCUT2D eigenvalue weighted by Gasteiger charge is 2.25. The normalized spacial score (nSPS) is 10.2. The monoisotopic (exact) mass is 459 g/mol. The number of aromatic nitrogens is 1. The van der Waals surface area contributed by atoms with E-state index in [0.717, 1.165) is 11.9 Å². The van der Waals surface area contributed by atoms with Crippen LogP contribution in [0.2, 0.25) is 0 Å². The minimum absolute atomic E-state index is 0.0239. The molecule has 0 aliphatic carbocycles. The maximum absolute atomic E-state index is 15.3. The van der Waals surface area contributed by atoms with E-state index in [2.05, 4.69) is 0 Å². The van der Waals surface area contributed by atoms with E-state index in [0.29, 0.717) is 22.2 Å². The van der Waals surface area contributed by atoms with Crippen LogP contribution in [0.1, 0.15) is 70.7 Å². The highest BCUT2D eigenvalue weighted by molar-refractivity contribution is 5.98. The zero-order valence-electron chi connectivity index (χ0n) is 20.6. The largest absolute Gasteiger partial charge is 0.469 e. The SMILES string of the molecule is CC.CC.COC(=O)CCc1c(C(C)C)n(-c2ccc(F)cc2)c2cc(C=N)c(N)c(F)c12. The second kappa shape index (κ2) is 12.7. The van der Waals surface area contributed by atoms with Gasteiger partial charge in [-0.3, -0.25) is 4.79 Å². The standard InChI is InChI=1S/C22H23F2N3O2.2C2H6/c1-12(2)22-16(8-9-18(28)29-3)19-17(10-13(11-25)21(26)20(19)24)27(22)15-6-4-14(23)5-7-15;2*1-2/h4-7,10-12,25H,8-9,26H2,1-3H3;2*1-2H3. The first-order chi connectivity index (χ1) is 15.8. The van der Waals surface area contributed by atoms with Gasteiger partial charge < -0.3 is 20.4 Å². The lowest BCUT2D eigenvalue weighted by Crippen LogP contribution is -2.07. The summed E-state index contributed by atoms with van der Waals surface area (Å²) in [6.07, 6.45) is 1.36. The van der Waals surface area contributed by atoms with E-state index in [-0.39, 0.29) is 35.8 Å². The highest BCUT2D eigenvalue weighted by atomic mass is 19.1. The molecule has 0 spiro atoms. The summed E-state index contributed by atoms with van der Waals surface area (Å²) in [4.78, 5) is 11.8. The first-order valence-electron chi connectivity index (χ1n) is 11.3. The number of anilines is 1. The van der Waals surface area contributed by atoms with Crippen LogP contribution < -0.4 is 5.73 Å². The van der Waals surface area contributed by atoms with Gasteiger partial charge >= 0.3 is 5.97 Å². The number of carbonyl (C=O) groups excluding carboxylic acids is 1. The van der Waals surface area contributed by atoms with Gasteiger partial charge in [-0.25, -0.2) is 8.78 Å². The van der Waals surface area contributed by atoms with Crippen molar-refractivity contribution in [2.24, 2.45) is 0 Å². The van der Waals surface area contributed by atoms with E-state index in [1.807, 2.05) is 46.1 Å². The Morgan fingerprint density at radius 2 is 1.73 bits per heavy atom. The smallest absolute Gasteiger partial charge is 0.305 e. The van der Waals surface area contributed by atoms with Gasteiger partial charge in [0.25, 0.3) is 0 Å². The molecule has 33 heavy (non-hydrogen) atoms. The molecule has 3 aromatic rings. The number of hydrogen-bond acceptors (Lipinski definition) is 4. The zero-order chi connectivity index (χ0) is 25.3. The third-order valence-corrected chi connectivity index (χ3v) is 5.00. The maximum Gasteiger partial charge on any atom is 0.305 e. The number of nitrogens with two attached hydrogens (primary N) is 1. The molecule has 3 rings (SSSR count). The molecule has 0 fully saturated rings. The molecule has 0 atom stereocenters. The lowest BCUT2D eigenvalue weighted by molar-refractivity contribution is -0.140. The van der Waals surface area contributed by atoms with Crippen molar-refractivity contribution in [3.63, 3.8) is 0 Å². The molecule has 0 aliphatic rings. The molecule has 1 heterocycles. The molecule has 7 heteroatoms. The Morgan fingerprint density at radius 3 is 2.21 bits per heavy atom. The fourth-order valence-corrected chi connectivity index (χ4v) is 3.70. The van der Waals surface area contributed by atoms with Gasteiger partial charge in [0, 0.05) is 35.0 Å². The van der Waals surface area contributed by atoms with Gasteiger partial charge in [0.15, 0.2) is 5.82 Å². The van der Waals surface area contributed by atoms with Crippen molar-refractivity contribution in [1.82, 2.24) is 4.57 Å². The molecule has 0 bridgehead atoms. The number of esters is 1. The number of rotatable bonds is 6. The number of nitrogens with one attached hydrogen (secondary N) is 1. The predicted molar refractivity (Wildman–Crippen MR) is 133 cm³/mol. The Morgan fingerprint density at radius 1 is 1.15 bits per heavy atom. The molecule has 3 N–H and O–H groups in total. The first kappa shape index (κ1) is 27.8. The fourth-order valence-electron chi connectivity index (χ4n) is 3.70. The van der Waals surface area contributed by atoms with Crippen molar-refractivity contribution >= 4 is 28.8 Å². The van der Waals surface area contributed by atoms with Crippen molar-refractivity contribution < 1.29 is 18.3 Å². The van der Waals surface area contributed by atoms with Crippen molar-refractivity contribution in [3.8, 4) is 5.69 Å². The first-order valence-corrected chi connectivity index (χ1v) is 11.3. The van der Waals surface area contributed by atoms with Gasteiger partial charge in [0.2, 0.25) is 0 Å². The molecule has 0 saturated heterocycles. The molecular weight excluding hydrogens is 424 g/mol. The van der Waals surface area contributed by atoms with E-state index in [9.17, 15) is 9.18 Å². The summed E-state index contributed by atoms with van der Waals surface area (Å²) in [6.45, 7) is 11.9. The topological polar surface area (TPSA) is 81.1 Å². The minimum atomic E-state index is -0.622. The molecule has 0 radical (unpaired) electrons. The fraction of sp³-hybridized carbons (Fsp3) is 0.385. The van der Waals surface area contributed by atoms with Gasteiger partial charge in [-0.15, -0.1) is 0 Å². The number of nitrogen functional groups attached to an aromatic ring is 1. The van der Waals surface area contributed by atoms with E-state index in [1.54, 1.807) is 18.2 Å². The number of halogens is 2. The van der Waals surface area contributed by atoms with Crippen LogP contribution in [0.5, 0.6) is 0 Å². The second-order valence-electron chi connectivity index (χ2n) is 7.14. The summed E-state index contributed by atoms with van der Waals surface area (Å²) in [5, 5.41) is 7.89. The number of hydrogen-bond donors (Lipinski definition) is 2. The van der Waals surface area contributed by atoms with Crippen LogP contribution in [0.4, 0.5) is 14.5 Å². The van der Waals surface area contributed by atoms with Crippen LogP contribution in [-0.4, -0.2) is 23.9 Å². The predicted octanol–water partition coefficient (Wildman–Crippen LogP) is 6.77. The van der Waals surface area contributed by atoms with E-state index in [1.165, 1.54) is 19.2 Å².